The van der Waals surface area contributed by atoms with Gasteiger partial charge in [-0.1, -0.05) is 28.1 Å². The van der Waals surface area contributed by atoms with Crippen molar-refractivity contribution in [3.63, 3.8) is 0 Å². The van der Waals surface area contributed by atoms with Crippen molar-refractivity contribution in [1.82, 2.24) is 15.3 Å². The first-order chi connectivity index (χ1) is 8.74. The molecule has 2 N–H and O–H groups in total. The summed E-state index contributed by atoms with van der Waals surface area (Å²) < 4.78 is 1.10. The first-order valence-corrected chi connectivity index (χ1v) is 7.06. The van der Waals surface area contributed by atoms with Gasteiger partial charge in [0.15, 0.2) is 0 Å². The summed E-state index contributed by atoms with van der Waals surface area (Å²) in [5, 5.41) is 3.38. The van der Waals surface area contributed by atoms with Gasteiger partial charge in [-0.25, -0.2) is 4.98 Å². The van der Waals surface area contributed by atoms with E-state index >= 15 is 0 Å². The van der Waals surface area contributed by atoms with Crippen LogP contribution < -0.4 is 5.32 Å². The number of aryl methyl sites for hydroxylation is 1. The number of nitrogens with one attached hydrogen (secondary N) is 2. The zero-order valence-corrected chi connectivity index (χ0v) is 11.9. The molecule has 1 unspecified atom stereocenters. The predicted molar refractivity (Wildman–Crippen MR) is 76.7 cm³/mol. The summed E-state index contributed by atoms with van der Waals surface area (Å²) in [5.41, 5.74) is 3.40. The number of benzene rings is 1. The van der Waals surface area contributed by atoms with Gasteiger partial charge in [-0.3, -0.25) is 0 Å². The maximum Gasteiger partial charge on any atom is 0.111 e. The van der Waals surface area contributed by atoms with Crippen LogP contribution in [0.2, 0.25) is 0 Å². The quantitative estimate of drug-likeness (QED) is 0.894. The van der Waals surface area contributed by atoms with Gasteiger partial charge in [-0.05, 0) is 32.0 Å². The van der Waals surface area contributed by atoms with Gasteiger partial charge in [-0.15, -0.1) is 0 Å². The van der Waals surface area contributed by atoms with Gasteiger partial charge < -0.3 is 10.3 Å². The van der Waals surface area contributed by atoms with Gasteiger partial charge in [0.1, 0.15) is 5.82 Å². The van der Waals surface area contributed by atoms with Crippen LogP contribution in [0, 0.1) is 6.92 Å². The molecular formula is C14H16BrN3. The number of nitrogens with zero attached hydrogens (tertiary/aromatic N) is 1. The Kier molecular flexibility index (Phi) is 3.22. The van der Waals surface area contributed by atoms with Crippen LogP contribution in [-0.4, -0.2) is 23.1 Å². The second-order valence-electron chi connectivity index (χ2n) is 4.79. The molecule has 2 aromatic rings. The van der Waals surface area contributed by atoms with Gasteiger partial charge in [0.25, 0.3) is 0 Å². The molecule has 0 aliphatic carbocycles. The van der Waals surface area contributed by atoms with Gasteiger partial charge in [0.05, 0.1) is 5.69 Å². The summed E-state index contributed by atoms with van der Waals surface area (Å²) in [7, 11) is 0. The molecule has 0 bridgehead atoms. The van der Waals surface area contributed by atoms with Gasteiger partial charge in [0, 0.05) is 28.2 Å². The molecule has 1 fully saturated rings. The van der Waals surface area contributed by atoms with Crippen LogP contribution in [0.4, 0.5) is 0 Å². The summed E-state index contributed by atoms with van der Waals surface area (Å²) in [6, 6.07) is 8.31. The molecule has 0 amide bonds. The minimum absolute atomic E-state index is 0.535. The van der Waals surface area contributed by atoms with Crippen LogP contribution in [0.5, 0.6) is 0 Å². The Bertz CT molecular complexity index is 539. The fourth-order valence-corrected chi connectivity index (χ4v) is 2.72. The molecule has 0 radical (unpaired) electrons. The fraction of sp³-hybridized carbons (Fsp3) is 0.357. The normalized spacial score (nSPS) is 19.3. The highest BCUT2D eigenvalue weighted by Crippen LogP contribution is 2.27. The fourth-order valence-electron chi connectivity index (χ4n) is 2.45. The zero-order valence-electron chi connectivity index (χ0n) is 10.3. The molecule has 0 saturated carbocycles. The molecule has 1 aromatic heterocycles. The smallest absolute Gasteiger partial charge is 0.111 e. The minimum atomic E-state index is 0.535. The molecular weight excluding hydrogens is 290 g/mol. The Morgan fingerprint density at radius 2 is 2.06 bits per heavy atom. The van der Waals surface area contributed by atoms with E-state index in [-0.39, 0.29) is 0 Å². The minimum Gasteiger partial charge on any atom is -0.345 e. The summed E-state index contributed by atoms with van der Waals surface area (Å²) in [5.74, 6) is 1.66. The van der Waals surface area contributed by atoms with E-state index in [0.29, 0.717) is 5.92 Å². The summed E-state index contributed by atoms with van der Waals surface area (Å²) in [6.07, 6.45) is 1.17. The lowest BCUT2D eigenvalue weighted by molar-refractivity contribution is 0.713. The SMILES string of the molecule is Cc1[nH]c(C2CCNC2)nc1-c1ccc(Br)cc1. The van der Waals surface area contributed by atoms with Crippen LogP contribution in [0.25, 0.3) is 11.3 Å². The number of rotatable bonds is 2. The molecule has 0 spiro atoms. The number of imidazole rings is 1. The Morgan fingerprint density at radius 3 is 2.72 bits per heavy atom. The average molecular weight is 306 g/mol. The molecule has 1 aromatic carbocycles. The van der Waals surface area contributed by atoms with Gasteiger partial charge in [-0.2, -0.15) is 0 Å². The highest BCUT2D eigenvalue weighted by atomic mass is 79.9. The van der Waals surface area contributed by atoms with E-state index in [4.69, 9.17) is 4.98 Å². The second kappa shape index (κ2) is 4.86. The average Bonchev–Trinajstić information content (AvgIpc) is 2.99. The van der Waals surface area contributed by atoms with Crippen molar-refractivity contribution in [2.24, 2.45) is 0 Å². The molecule has 1 atom stereocenters. The number of hydrogen-bond donors (Lipinski definition) is 2. The van der Waals surface area contributed by atoms with E-state index in [1.807, 2.05) is 0 Å². The van der Waals surface area contributed by atoms with Gasteiger partial charge >= 0.3 is 0 Å². The lowest BCUT2D eigenvalue weighted by atomic mass is 10.1. The highest BCUT2D eigenvalue weighted by Gasteiger charge is 2.21. The summed E-state index contributed by atoms with van der Waals surface area (Å²) in [6.45, 7) is 4.22. The van der Waals surface area contributed by atoms with E-state index in [1.165, 1.54) is 12.0 Å². The molecule has 3 rings (SSSR count). The number of hydrogen-bond acceptors (Lipinski definition) is 2. The first-order valence-electron chi connectivity index (χ1n) is 6.27. The topological polar surface area (TPSA) is 40.7 Å². The second-order valence-corrected chi connectivity index (χ2v) is 5.71. The number of H-pyrrole nitrogens is 1. The van der Waals surface area contributed by atoms with Crippen LogP contribution in [0.3, 0.4) is 0 Å². The molecule has 1 aliphatic heterocycles. The molecule has 94 valence electrons. The van der Waals surface area contributed by atoms with Crippen LogP contribution in [0.1, 0.15) is 23.9 Å². The molecule has 1 saturated heterocycles. The van der Waals surface area contributed by atoms with Crippen LogP contribution in [0.15, 0.2) is 28.7 Å². The van der Waals surface area contributed by atoms with Crippen molar-refractivity contribution < 1.29 is 0 Å². The molecule has 1 aliphatic rings. The predicted octanol–water partition coefficient (Wildman–Crippen LogP) is 3.22. The molecule has 2 heterocycles. The van der Waals surface area contributed by atoms with E-state index < -0.39 is 0 Å². The standard InChI is InChI=1S/C14H16BrN3/c1-9-13(10-2-4-12(15)5-3-10)18-14(17-9)11-6-7-16-8-11/h2-5,11,16H,6-8H2,1H3,(H,17,18). The largest absolute Gasteiger partial charge is 0.345 e. The zero-order chi connectivity index (χ0) is 12.5. The van der Waals surface area contributed by atoms with Crippen molar-refractivity contribution in [3.8, 4) is 11.3 Å². The van der Waals surface area contributed by atoms with Crippen molar-refractivity contribution in [2.75, 3.05) is 13.1 Å². The van der Waals surface area contributed by atoms with Crippen LogP contribution in [-0.2, 0) is 0 Å². The highest BCUT2D eigenvalue weighted by molar-refractivity contribution is 9.10. The third kappa shape index (κ3) is 2.22. The third-order valence-electron chi connectivity index (χ3n) is 3.47. The number of aromatic nitrogens is 2. The van der Waals surface area contributed by atoms with E-state index in [1.54, 1.807) is 0 Å². The Hall–Kier alpha value is -1.13. The van der Waals surface area contributed by atoms with Crippen molar-refractivity contribution in [1.29, 1.82) is 0 Å². The van der Waals surface area contributed by atoms with Gasteiger partial charge in [0.2, 0.25) is 0 Å². The Morgan fingerprint density at radius 1 is 1.28 bits per heavy atom. The van der Waals surface area contributed by atoms with E-state index in [2.05, 4.69) is 57.4 Å². The van der Waals surface area contributed by atoms with Crippen molar-refractivity contribution in [3.05, 3.63) is 40.3 Å². The summed E-state index contributed by atoms with van der Waals surface area (Å²) in [4.78, 5) is 8.22. The van der Waals surface area contributed by atoms with E-state index in [0.717, 1.165) is 34.8 Å². The first kappa shape index (κ1) is 11.9. The summed E-state index contributed by atoms with van der Waals surface area (Å²) >= 11 is 3.46. The number of halogens is 1. The maximum atomic E-state index is 4.78. The lowest BCUT2D eigenvalue weighted by Crippen LogP contribution is -2.08. The maximum absolute atomic E-state index is 4.78. The number of aromatic amines is 1. The van der Waals surface area contributed by atoms with E-state index in [9.17, 15) is 0 Å². The Labute approximate surface area is 115 Å². The Balaban J connectivity index is 1.94. The lowest BCUT2D eigenvalue weighted by Gasteiger charge is -2.02. The molecule has 3 nitrogen and oxygen atoms in total. The third-order valence-corrected chi connectivity index (χ3v) is 4.00. The molecule has 18 heavy (non-hydrogen) atoms. The van der Waals surface area contributed by atoms with Crippen molar-refractivity contribution in [2.45, 2.75) is 19.3 Å². The molecule has 4 heteroatoms. The van der Waals surface area contributed by atoms with Crippen LogP contribution >= 0.6 is 15.9 Å². The monoisotopic (exact) mass is 305 g/mol. The van der Waals surface area contributed by atoms with Crippen molar-refractivity contribution >= 4 is 15.9 Å².